The molecule has 1 saturated heterocycles. The smallest absolute Gasteiger partial charge is 0.387 e. The van der Waals surface area contributed by atoms with Crippen molar-refractivity contribution >= 4 is 0 Å². The van der Waals surface area contributed by atoms with E-state index in [0.717, 1.165) is 38.0 Å². The Morgan fingerprint density at radius 2 is 1.84 bits per heavy atom. The first-order valence-corrected chi connectivity index (χ1v) is 6.54. The van der Waals surface area contributed by atoms with Crippen molar-refractivity contribution in [3.05, 3.63) is 29.8 Å². The van der Waals surface area contributed by atoms with E-state index in [9.17, 15) is 8.78 Å². The maximum absolute atomic E-state index is 12.0. The lowest BCUT2D eigenvalue weighted by atomic mass is 9.97. The highest BCUT2D eigenvalue weighted by atomic mass is 19.3. The quantitative estimate of drug-likeness (QED) is 0.893. The molecule has 19 heavy (non-hydrogen) atoms. The van der Waals surface area contributed by atoms with Gasteiger partial charge in [0.1, 0.15) is 5.75 Å². The molecule has 2 rings (SSSR count). The Morgan fingerprint density at radius 1 is 1.21 bits per heavy atom. The van der Waals surface area contributed by atoms with Gasteiger partial charge >= 0.3 is 6.61 Å². The Kier molecular flexibility index (Phi) is 5.10. The Bertz CT molecular complexity index is 376. The van der Waals surface area contributed by atoms with Gasteiger partial charge < -0.3 is 9.84 Å². The highest BCUT2D eigenvalue weighted by Gasteiger charge is 2.18. The van der Waals surface area contributed by atoms with Gasteiger partial charge in [-0.2, -0.15) is 8.78 Å². The van der Waals surface area contributed by atoms with Crippen LogP contribution in [0.15, 0.2) is 24.3 Å². The monoisotopic (exact) mass is 271 g/mol. The summed E-state index contributed by atoms with van der Waals surface area (Å²) < 4.78 is 28.3. The first-order chi connectivity index (χ1) is 9.17. The molecule has 0 saturated carbocycles. The van der Waals surface area contributed by atoms with Gasteiger partial charge in [-0.05, 0) is 49.5 Å². The number of rotatable bonds is 5. The van der Waals surface area contributed by atoms with Gasteiger partial charge in [-0.15, -0.1) is 0 Å². The van der Waals surface area contributed by atoms with Crippen molar-refractivity contribution in [2.45, 2.75) is 26.0 Å². The Labute approximate surface area is 111 Å². The molecule has 1 heterocycles. The molecule has 3 nitrogen and oxygen atoms in total. The van der Waals surface area contributed by atoms with Gasteiger partial charge in [0.25, 0.3) is 0 Å². The molecular formula is C14H19F2NO2. The van der Waals surface area contributed by atoms with Gasteiger partial charge in [-0.1, -0.05) is 12.1 Å². The molecule has 1 N–H and O–H groups in total. The van der Waals surface area contributed by atoms with Crippen molar-refractivity contribution in [3.63, 3.8) is 0 Å². The first-order valence-electron chi connectivity index (χ1n) is 6.54. The number of piperidine rings is 1. The third-order valence-electron chi connectivity index (χ3n) is 3.52. The minimum absolute atomic E-state index is 0.192. The van der Waals surface area contributed by atoms with Crippen LogP contribution in [0.3, 0.4) is 0 Å². The highest BCUT2D eigenvalue weighted by Crippen LogP contribution is 2.20. The topological polar surface area (TPSA) is 32.7 Å². The van der Waals surface area contributed by atoms with E-state index < -0.39 is 6.61 Å². The number of ether oxygens (including phenoxy) is 1. The lowest BCUT2D eigenvalue weighted by Crippen LogP contribution is -2.34. The van der Waals surface area contributed by atoms with Crippen LogP contribution in [0, 0.1) is 5.92 Å². The average Bonchev–Trinajstić information content (AvgIpc) is 2.41. The maximum atomic E-state index is 12.0. The second kappa shape index (κ2) is 6.82. The van der Waals surface area contributed by atoms with Gasteiger partial charge in [-0.3, -0.25) is 4.90 Å². The van der Waals surface area contributed by atoms with Crippen LogP contribution in [0.5, 0.6) is 5.75 Å². The molecule has 0 aliphatic carbocycles. The van der Waals surface area contributed by atoms with E-state index in [2.05, 4.69) is 9.64 Å². The summed E-state index contributed by atoms with van der Waals surface area (Å²) in [7, 11) is 0. The van der Waals surface area contributed by atoms with Crippen LogP contribution in [-0.2, 0) is 6.54 Å². The predicted octanol–water partition coefficient (Wildman–Crippen LogP) is 2.49. The summed E-state index contributed by atoms with van der Waals surface area (Å²) in [6.07, 6.45) is 2.03. The van der Waals surface area contributed by atoms with Crippen LogP contribution < -0.4 is 4.74 Å². The number of aliphatic hydroxyl groups excluding tert-OH is 1. The number of halogens is 2. The van der Waals surface area contributed by atoms with E-state index in [1.54, 1.807) is 12.1 Å². The average molecular weight is 271 g/mol. The number of nitrogens with zero attached hydrogens (tertiary/aromatic N) is 1. The molecule has 5 heteroatoms. The van der Waals surface area contributed by atoms with E-state index in [1.807, 2.05) is 12.1 Å². The Balaban J connectivity index is 1.83. The second-order valence-corrected chi connectivity index (χ2v) is 4.92. The van der Waals surface area contributed by atoms with Crippen molar-refractivity contribution in [3.8, 4) is 5.75 Å². The zero-order valence-corrected chi connectivity index (χ0v) is 10.8. The van der Waals surface area contributed by atoms with Gasteiger partial charge in [0.05, 0.1) is 0 Å². The van der Waals surface area contributed by atoms with E-state index in [4.69, 9.17) is 5.11 Å². The normalized spacial score (nSPS) is 17.9. The fourth-order valence-corrected chi connectivity index (χ4v) is 2.36. The fraction of sp³-hybridized carbons (Fsp3) is 0.571. The largest absolute Gasteiger partial charge is 0.435 e. The molecule has 1 aliphatic rings. The minimum atomic E-state index is -2.77. The summed E-state index contributed by atoms with van der Waals surface area (Å²) in [6.45, 7) is 0.255. The molecule has 1 aliphatic heterocycles. The summed E-state index contributed by atoms with van der Waals surface area (Å²) in [5, 5.41) is 9.08. The third-order valence-corrected chi connectivity index (χ3v) is 3.52. The van der Waals surface area contributed by atoms with E-state index in [0.29, 0.717) is 5.92 Å². The molecule has 0 unspecified atom stereocenters. The third kappa shape index (κ3) is 4.44. The summed E-state index contributed by atoms with van der Waals surface area (Å²) >= 11 is 0. The fourth-order valence-electron chi connectivity index (χ4n) is 2.36. The zero-order valence-electron chi connectivity index (χ0n) is 10.8. The van der Waals surface area contributed by atoms with E-state index >= 15 is 0 Å². The number of likely N-dealkylation sites (tertiary alicyclic amines) is 1. The SMILES string of the molecule is OCC1CCN(Cc2ccc(OC(F)F)cc2)CC1. The van der Waals surface area contributed by atoms with Crippen LogP contribution in [0.25, 0.3) is 0 Å². The van der Waals surface area contributed by atoms with Crippen LogP contribution in [0.4, 0.5) is 8.78 Å². The van der Waals surface area contributed by atoms with Crippen molar-refractivity contribution in [1.82, 2.24) is 4.90 Å². The summed E-state index contributed by atoms with van der Waals surface area (Å²) in [5.74, 6) is 0.621. The van der Waals surface area contributed by atoms with Crippen molar-refractivity contribution in [2.24, 2.45) is 5.92 Å². The molecule has 106 valence electrons. The number of hydrogen-bond acceptors (Lipinski definition) is 3. The molecule has 0 amide bonds. The first kappa shape index (κ1) is 14.2. The van der Waals surface area contributed by atoms with Crippen LogP contribution in [0.1, 0.15) is 18.4 Å². The van der Waals surface area contributed by atoms with Gasteiger partial charge in [0, 0.05) is 13.2 Å². The zero-order chi connectivity index (χ0) is 13.7. The summed E-state index contributed by atoms with van der Waals surface area (Å²) in [6, 6.07) is 6.77. The molecular weight excluding hydrogens is 252 g/mol. The van der Waals surface area contributed by atoms with Crippen molar-refractivity contribution in [1.29, 1.82) is 0 Å². The molecule has 1 aromatic rings. The van der Waals surface area contributed by atoms with Gasteiger partial charge in [0.15, 0.2) is 0 Å². The second-order valence-electron chi connectivity index (χ2n) is 4.92. The lowest BCUT2D eigenvalue weighted by Gasteiger charge is -2.31. The molecule has 1 fully saturated rings. The van der Waals surface area contributed by atoms with Crippen molar-refractivity contribution < 1.29 is 18.6 Å². The Morgan fingerprint density at radius 3 is 2.37 bits per heavy atom. The van der Waals surface area contributed by atoms with E-state index in [1.165, 1.54) is 0 Å². The van der Waals surface area contributed by atoms with Crippen LogP contribution in [-0.4, -0.2) is 36.3 Å². The highest BCUT2D eigenvalue weighted by molar-refractivity contribution is 5.27. The summed E-state index contributed by atoms with van der Waals surface area (Å²) in [5.41, 5.74) is 1.09. The molecule has 0 bridgehead atoms. The molecule has 0 aromatic heterocycles. The number of benzene rings is 1. The minimum Gasteiger partial charge on any atom is -0.435 e. The van der Waals surface area contributed by atoms with Crippen LogP contribution in [0.2, 0.25) is 0 Å². The van der Waals surface area contributed by atoms with Gasteiger partial charge in [-0.25, -0.2) is 0 Å². The Hall–Kier alpha value is -1.20. The summed E-state index contributed by atoms with van der Waals surface area (Å²) in [4.78, 5) is 2.31. The molecule has 0 spiro atoms. The van der Waals surface area contributed by atoms with Gasteiger partial charge in [0.2, 0.25) is 0 Å². The standard InChI is InChI=1S/C14H19F2NO2/c15-14(16)19-13-3-1-11(2-4-13)9-17-7-5-12(10-18)6-8-17/h1-4,12,14,18H,5-10H2. The molecule has 1 aromatic carbocycles. The van der Waals surface area contributed by atoms with E-state index in [-0.39, 0.29) is 12.4 Å². The lowest BCUT2D eigenvalue weighted by molar-refractivity contribution is -0.0498. The number of aliphatic hydroxyl groups is 1. The van der Waals surface area contributed by atoms with Crippen molar-refractivity contribution in [2.75, 3.05) is 19.7 Å². The predicted molar refractivity (Wildman–Crippen MR) is 68.2 cm³/mol. The maximum Gasteiger partial charge on any atom is 0.387 e. The molecule has 0 radical (unpaired) electrons. The number of alkyl halides is 2. The number of hydrogen-bond donors (Lipinski definition) is 1. The molecule has 0 atom stereocenters. The van der Waals surface area contributed by atoms with Crippen LogP contribution >= 0.6 is 0 Å².